The predicted octanol–water partition coefficient (Wildman–Crippen LogP) is 2.43. The van der Waals surface area contributed by atoms with Crippen molar-refractivity contribution in [1.29, 1.82) is 0 Å². The van der Waals surface area contributed by atoms with Crippen LogP contribution in [0.25, 0.3) is 0 Å². The lowest BCUT2D eigenvalue weighted by molar-refractivity contribution is 0.194. The maximum Gasteiger partial charge on any atom is 0.319 e. The van der Waals surface area contributed by atoms with Gasteiger partial charge in [-0.25, -0.2) is 4.79 Å². The SMILES string of the molecule is COCCCNC(=O)Nc1cc(Cl)cc2c1OCC2. The minimum atomic E-state index is -0.268. The molecule has 19 heavy (non-hydrogen) atoms. The van der Waals surface area contributed by atoms with Gasteiger partial charge in [0.2, 0.25) is 0 Å². The van der Waals surface area contributed by atoms with Gasteiger partial charge < -0.3 is 20.1 Å². The molecule has 1 aromatic rings. The Balaban J connectivity index is 1.94. The molecule has 5 nitrogen and oxygen atoms in total. The van der Waals surface area contributed by atoms with E-state index in [1.165, 1.54) is 0 Å². The molecule has 0 saturated heterocycles. The summed E-state index contributed by atoms with van der Waals surface area (Å²) in [6, 6.07) is 3.29. The maximum atomic E-state index is 11.7. The van der Waals surface area contributed by atoms with Crippen LogP contribution in [-0.2, 0) is 11.2 Å². The molecule has 1 aliphatic rings. The van der Waals surface area contributed by atoms with E-state index in [0.29, 0.717) is 30.5 Å². The summed E-state index contributed by atoms with van der Waals surface area (Å²) in [6.45, 7) is 1.80. The Morgan fingerprint density at radius 2 is 2.37 bits per heavy atom. The van der Waals surface area contributed by atoms with Crippen LogP contribution in [0.5, 0.6) is 5.75 Å². The average Bonchev–Trinajstić information content (AvgIpc) is 2.82. The number of hydrogen-bond donors (Lipinski definition) is 2. The molecule has 0 fully saturated rings. The van der Waals surface area contributed by atoms with Gasteiger partial charge in [-0.2, -0.15) is 0 Å². The minimum absolute atomic E-state index is 0.268. The van der Waals surface area contributed by atoms with Gasteiger partial charge in [0.25, 0.3) is 0 Å². The number of halogens is 1. The molecular weight excluding hydrogens is 268 g/mol. The standard InChI is InChI=1S/C13H17ClN2O3/c1-18-5-2-4-15-13(17)16-11-8-10(14)7-9-3-6-19-12(9)11/h7-8H,2-6H2,1H3,(H2,15,16,17). The Labute approximate surface area is 117 Å². The van der Waals surface area contributed by atoms with Gasteiger partial charge in [-0.3, -0.25) is 0 Å². The Bertz CT molecular complexity index is 465. The van der Waals surface area contributed by atoms with E-state index in [1.807, 2.05) is 6.07 Å². The molecular formula is C13H17ClN2O3. The molecule has 1 heterocycles. The molecule has 2 amide bonds. The maximum absolute atomic E-state index is 11.7. The van der Waals surface area contributed by atoms with Crippen LogP contribution in [-0.4, -0.2) is 32.9 Å². The number of methoxy groups -OCH3 is 1. The highest BCUT2D eigenvalue weighted by molar-refractivity contribution is 6.31. The molecule has 2 N–H and O–H groups in total. The van der Waals surface area contributed by atoms with E-state index in [1.54, 1.807) is 13.2 Å². The van der Waals surface area contributed by atoms with Gasteiger partial charge in [0.05, 0.1) is 12.3 Å². The zero-order chi connectivity index (χ0) is 13.7. The lowest BCUT2D eigenvalue weighted by Crippen LogP contribution is -2.30. The molecule has 0 unspecified atom stereocenters. The van der Waals surface area contributed by atoms with Crippen LogP contribution in [0.1, 0.15) is 12.0 Å². The average molecular weight is 285 g/mol. The van der Waals surface area contributed by atoms with E-state index < -0.39 is 0 Å². The first-order chi connectivity index (χ1) is 9.20. The van der Waals surface area contributed by atoms with Crippen LogP contribution in [0.3, 0.4) is 0 Å². The molecule has 2 rings (SSSR count). The van der Waals surface area contributed by atoms with Gasteiger partial charge in [0.15, 0.2) is 0 Å². The molecule has 1 aromatic carbocycles. The first-order valence-electron chi connectivity index (χ1n) is 6.19. The van der Waals surface area contributed by atoms with Crippen molar-refractivity contribution in [3.63, 3.8) is 0 Å². The Morgan fingerprint density at radius 3 is 3.16 bits per heavy atom. The Hall–Kier alpha value is -1.46. The van der Waals surface area contributed by atoms with Crippen LogP contribution in [0.2, 0.25) is 5.02 Å². The fourth-order valence-electron chi connectivity index (χ4n) is 1.95. The van der Waals surface area contributed by atoms with Crippen molar-refractivity contribution in [1.82, 2.24) is 5.32 Å². The summed E-state index contributed by atoms with van der Waals surface area (Å²) in [6.07, 6.45) is 1.59. The molecule has 0 bridgehead atoms. The van der Waals surface area contributed by atoms with E-state index >= 15 is 0 Å². The van der Waals surface area contributed by atoms with E-state index in [9.17, 15) is 4.79 Å². The van der Waals surface area contributed by atoms with Crippen molar-refractivity contribution in [3.8, 4) is 5.75 Å². The number of nitrogens with one attached hydrogen (secondary N) is 2. The number of rotatable bonds is 5. The second-order valence-electron chi connectivity index (χ2n) is 4.27. The third-order valence-electron chi connectivity index (χ3n) is 2.81. The van der Waals surface area contributed by atoms with E-state index in [4.69, 9.17) is 21.1 Å². The van der Waals surface area contributed by atoms with Gasteiger partial charge in [-0.15, -0.1) is 0 Å². The summed E-state index contributed by atoms with van der Waals surface area (Å²) >= 11 is 6.01. The van der Waals surface area contributed by atoms with Crippen LogP contribution in [0, 0.1) is 0 Å². The van der Waals surface area contributed by atoms with Crippen molar-refractivity contribution in [3.05, 3.63) is 22.7 Å². The number of carbonyl (C=O) groups excluding carboxylic acids is 1. The van der Waals surface area contributed by atoms with Crippen LogP contribution >= 0.6 is 11.6 Å². The number of fused-ring (bicyclic) bond motifs is 1. The molecule has 0 spiro atoms. The second kappa shape index (κ2) is 6.63. The van der Waals surface area contributed by atoms with Crippen LogP contribution in [0.15, 0.2) is 12.1 Å². The van der Waals surface area contributed by atoms with Gasteiger partial charge in [-0.1, -0.05) is 11.6 Å². The smallest absolute Gasteiger partial charge is 0.319 e. The Morgan fingerprint density at radius 1 is 1.53 bits per heavy atom. The quantitative estimate of drug-likeness (QED) is 0.817. The fraction of sp³-hybridized carbons (Fsp3) is 0.462. The number of urea groups is 1. The second-order valence-corrected chi connectivity index (χ2v) is 4.70. The summed E-state index contributed by atoms with van der Waals surface area (Å²) in [5, 5.41) is 6.10. The summed E-state index contributed by atoms with van der Waals surface area (Å²) in [5.74, 6) is 0.719. The number of anilines is 1. The molecule has 104 valence electrons. The molecule has 0 aliphatic carbocycles. The van der Waals surface area contributed by atoms with Crippen molar-refractivity contribution in [2.75, 3.05) is 32.2 Å². The highest BCUT2D eigenvalue weighted by Crippen LogP contribution is 2.36. The summed E-state index contributed by atoms with van der Waals surface area (Å²) in [5.41, 5.74) is 1.64. The van der Waals surface area contributed by atoms with E-state index in [-0.39, 0.29) is 6.03 Å². The van der Waals surface area contributed by atoms with Gasteiger partial charge >= 0.3 is 6.03 Å². The molecule has 0 atom stereocenters. The van der Waals surface area contributed by atoms with E-state index in [0.717, 1.165) is 24.2 Å². The fourth-order valence-corrected chi connectivity index (χ4v) is 2.19. The number of amides is 2. The summed E-state index contributed by atoms with van der Waals surface area (Å²) in [4.78, 5) is 11.7. The summed E-state index contributed by atoms with van der Waals surface area (Å²) in [7, 11) is 1.63. The molecule has 1 aliphatic heterocycles. The van der Waals surface area contributed by atoms with Crippen molar-refractivity contribution >= 4 is 23.3 Å². The van der Waals surface area contributed by atoms with Crippen molar-refractivity contribution < 1.29 is 14.3 Å². The van der Waals surface area contributed by atoms with Gasteiger partial charge in [-0.05, 0) is 18.6 Å². The monoisotopic (exact) mass is 284 g/mol. The van der Waals surface area contributed by atoms with Crippen molar-refractivity contribution in [2.45, 2.75) is 12.8 Å². The first-order valence-corrected chi connectivity index (χ1v) is 6.57. The largest absolute Gasteiger partial charge is 0.491 e. The lowest BCUT2D eigenvalue weighted by Gasteiger charge is -2.11. The van der Waals surface area contributed by atoms with E-state index in [2.05, 4.69) is 10.6 Å². The highest BCUT2D eigenvalue weighted by Gasteiger charge is 2.18. The zero-order valence-corrected chi connectivity index (χ0v) is 11.5. The molecule has 0 aromatic heterocycles. The summed E-state index contributed by atoms with van der Waals surface area (Å²) < 4.78 is 10.4. The van der Waals surface area contributed by atoms with Crippen molar-refractivity contribution in [2.24, 2.45) is 0 Å². The first kappa shape index (κ1) is 14.0. The normalized spacial score (nSPS) is 12.7. The Kier molecular flexibility index (Phi) is 4.87. The number of ether oxygens (including phenoxy) is 2. The predicted molar refractivity (Wildman–Crippen MR) is 74.2 cm³/mol. The topological polar surface area (TPSA) is 59.6 Å². The molecule has 6 heteroatoms. The van der Waals surface area contributed by atoms with Crippen LogP contribution in [0.4, 0.5) is 10.5 Å². The van der Waals surface area contributed by atoms with Crippen LogP contribution < -0.4 is 15.4 Å². The zero-order valence-electron chi connectivity index (χ0n) is 10.8. The minimum Gasteiger partial charge on any atom is -0.491 e. The third-order valence-corrected chi connectivity index (χ3v) is 3.03. The lowest BCUT2D eigenvalue weighted by atomic mass is 10.1. The highest BCUT2D eigenvalue weighted by atomic mass is 35.5. The van der Waals surface area contributed by atoms with Gasteiger partial charge in [0, 0.05) is 37.3 Å². The molecule has 0 radical (unpaired) electrons. The third kappa shape index (κ3) is 3.75. The molecule has 0 saturated carbocycles. The number of hydrogen-bond acceptors (Lipinski definition) is 3. The number of benzene rings is 1. The number of carbonyl (C=O) groups is 1. The van der Waals surface area contributed by atoms with Gasteiger partial charge in [0.1, 0.15) is 5.75 Å².